The van der Waals surface area contributed by atoms with Gasteiger partial charge in [0.1, 0.15) is 11.4 Å². The first kappa shape index (κ1) is 20.2. The summed E-state index contributed by atoms with van der Waals surface area (Å²) in [5.74, 6) is 0.596. The number of aromatic hydroxyl groups is 1. The van der Waals surface area contributed by atoms with Crippen LogP contribution in [0.3, 0.4) is 0 Å². The molecule has 4 aromatic rings. The first-order valence-corrected chi connectivity index (χ1v) is 11.8. The van der Waals surface area contributed by atoms with Gasteiger partial charge in [0.15, 0.2) is 5.65 Å². The van der Waals surface area contributed by atoms with E-state index < -0.39 is 0 Å². The summed E-state index contributed by atoms with van der Waals surface area (Å²) in [5.41, 5.74) is 11.8. The van der Waals surface area contributed by atoms with Crippen LogP contribution in [0.5, 0.6) is 5.75 Å². The first-order valence-electron chi connectivity index (χ1n) is 11.8. The lowest BCUT2D eigenvalue weighted by Crippen LogP contribution is -2.42. The summed E-state index contributed by atoms with van der Waals surface area (Å²) >= 11 is 0. The van der Waals surface area contributed by atoms with Crippen molar-refractivity contribution in [3.8, 4) is 28.1 Å². The number of phenols is 1. The smallest absolute Gasteiger partial charge is 0.163 e. The SMILES string of the molecule is CCN1C2CCC1CC(c1ccnc3c(-c4cc(N)ccc4O)c(-c4ccncc4)nn13)C2. The van der Waals surface area contributed by atoms with Gasteiger partial charge in [-0.15, -0.1) is 0 Å². The highest BCUT2D eigenvalue weighted by atomic mass is 16.3. The Kier molecular flexibility index (Phi) is 4.80. The summed E-state index contributed by atoms with van der Waals surface area (Å²) in [6.45, 7) is 3.40. The number of benzene rings is 1. The third-order valence-corrected chi connectivity index (χ3v) is 7.46. The molecule has 7 heteroatoms. The van der Waals surface area contributed by atoms with Crippen molar-refractivity contribution in [1.82, 2.24) is 24.5 Å². The Hall–Kier alpha value is -3.45. The van der Waals surface area contributed by atoms with Crippen molar-refractivity contribution in [2.75, 3.05) is 12.3 Å². The molecular weight excluding hydrogens is 412 g/mol. The predicted octanol–water partition coefficient (Wildman–Crippen LogP) is 4.48. The van der Waals surface area contributed by atoms with Gasteiger partial charge in [-0.25, -0.2) is 9.50 Å². The molecule has 3 aromatic heterocycles. The fourth-order valence-corrected chi connectivity index (χ4v) is 6.02. The number of pyridine rings is 1. The highest BCUT2D eigenvalue weighted by Crippen LogP contribution is 2.44. The zero-order valence-corrected chi connectivity index (χ0v) is 18.7. The van der Waals surface area contributed by atoms with E-state index >= 15 is 0 Å². The largest absolute Gasteiger partial charge is 0.507 e. The molecule has 0 spiro atoms. The molecule has 2 aliphatic heterocycles. The minimum Gasteiger partial charge on any atom is -0.507 e. The fraction of sp³-hybridized carbons (Fsp3) is 0.346. The summed E-state index contributed by atoms with van der Waals surface area (Å²) in [5, 5.41) is 15.8. The summed E-state index contributed by atoms with van der Waals surface area (Å²) in [6, 6.07) is 12.4. The zero-order valence-electron chi connectivity index (χ0n) is 18.7. The average molecular weight is 441 g/mol. The number of hydrogen-bond donors (Lipinski definition) is 2. The Morgan fingerprint density at radius 3 is 2.52 bits per heavy atom. The Balaban J connectivity index is 1.55. The van der Waals surface area contributed by atoms with E-state index in [2.05, 4.69) is 22.9 Å². The molecule has 0 radical (unpaired) electrons. The average Bonchev–Trinajstić information content (AvgIpc) is 3.34. The van der Waals surface area contributed by atoms with Crippen LogP contribution in [0, 0.1) is 0 Å². The molecule has 2 fully saturated rings. The second-order valence-electron chi connectivity index (χ2n) is 9.22. The number of nitrogen functional groups attached to an aromatic ring is 1. The number of phenolic OH excluding ortho intramolecular Hbond substituents is 1. The van der Waals surface area contributed by atoms with Gasteiger partial charge in [0.25, 0.3) is 0 Å². The van der Waals surface area contributed by atoms with Gasteiger partial charge >= 0.3 is 0 Å². The summed E-state index contributed by atoms with van der Waals surface area (Å²) in [6.07, 6.45) is 10.3. The lowest BCUT2D eigenvalue weighted by atomic mass is 9.88. The summed E-state index contributed by atoms with van der Waals surface area (Å²) < 4.78 is 2.00. The molecule has 2 saturated heterocycles. The Labute approximate surface area is 192 Å². The molecule has 5 heterocycles. The number of rotatable bonds is 4. The molecule has 0 amide bonds. The van der Waals surface area contributed by atoms with Crippen molar-refractivity contribution < 1.29 is 5.11 Å². The molecule has 7 nitrogen and oxygen atoms in total. The minimum absolute atomic E-state index is 0.163. The van der Waals surface area contributed by atoms with Crippen molar-refractivity contribution in [1.29, 1.82) is 0 Å². The van der Waals surface area contributed by atoms with Gasteiger partial charge in [0, 0.05) is 59.1 Å². The van der Waals surface area contributed by atoms with E-state index in [0.29, 0.717) is 29.3 Å². The summed E-state index contributed by atoms with van der Waals surface area (Å²) in [7, 11) is 0. The van der Waals surface area contributed by atoms with Crippen LogP contribution >= 0.6 is 0 Å². The normalized spacial score (nSPS) is 22.8. The molecule has 1 aromatic carbocycles. The van der Waals surface area contributed by atoms with Crippen LogP contribution in [0.2, 0.25) is 0 Å². The van der Waals surface area contributed by atoms with E-state index in [9.17, 15) is 5.11 Å². The number of aromatic nitrogens is 4. The van der Waals surface area contributed by atoms with Gasteiger partial charge in [0.05, 0.1) is 5.56 Å². The van der Waals surface area contributed by atoms with Gasteiger partial charge in [-0.3, -0.25) is 9.88 Å². The van der Waals surface area contributed by atoms with Crippen LogP contribution in [0.1, 0.15) is 44.2 Å². The molecular formula is C26H28N6O. The van der Waals surface area contributed by atoms with Gasteiger partial charge < -0.3 is 10.8 Å². The number of nitrogens with zero attached hydrogens (tertiary/aromatic N) is 5. The molecule has 2 aliphatic rings. The maximum atomic E-state index is 10.8. The van der Waals surface area contributed by atoms with Crippen LogP contribution < -0.4 is 5.73 Å². The predicted molar refractivity (Wildman–Crippen MR) is 129 cm³/mol. The molecule has 6 rings (SSSR count). The lowest BCUT2D eigenvalue weighted by molar-refractivity contribution is 0.132. The van der Waals surface area contributed by atoms with Gasteiger partial charge in [-0.1, -0.05) is 6.92 Å². The van der Waals surface area contributed by atoms with E-state index in [-0.39, 0.29) is 5.75 Å². The quantitative estimate of drug-likeness (QED) is 0.359. The number of fused-ring (bicyclic) bond motifs is 3. The van der Waals surface area contributed by atoms with Crippen molar-refractivity contribution in [2.45, 2.75) is 50.6 Å². The van der Waals surface area contributed by atoms with Crippen LogP contribution in [0.4, 0.5) is 5.69 Å². The first-order chi connectivity index (χ1) is 16.1. The van der Waals surface area contributed by atoms with Gasteiger partial charge in [-0.05, 0) is 68.6 Å². The number of piperidine rings is 1. The van der Waals surface area contributed by atoms with Crippen molar-refractivity contribution in [3.05, 3.63) is 60.7 Å². The van der Waals surface area contributed by atoms with Crippen LogP contribution in [-0.4, -0.2) is 48.2 Å². The Morgan fingerprint density at radius 1 is 1.03 bits per heavy atom. The minimum atomic E-state index is 0.163. The number of nitrogens with two attached hydrogens (primary N) is 1. The van der Waals surface area contributed by atoms with Gasteiger partial charge in [0.2, 0.25) is 0 Å². The standard InChI is InChI=1S/C26H28N6O/c1-2-31-19-4-5-20(31)14-17(13-19)22-9-12-29-26-24(21-15-18(27)3-6-23(21)33)25(30-32(22)26)16-7-10-28-11-8-16/h3,6-12,15,17,19-20,33H,2,4-5,13-14,27H2,1H3. The third-order valence-electron chi connectivity index (χ3n) is 7.46. The Bertz CT molecular complexity index is 1300. The number of hydrogen-bond acceptors (Lipinski definition) is 6. The van der Waals surface area contributed by atoms with E-state index in [0.717, 1.165) is 41.9 Å². The van der Waals surface area contributed by atoms with Crippen molar-refractivity contribution >= 4 is 11.3 Å². The maximum Gasteiger partial charge on any atom is 0.163 e. The highest BCUT2D eigenvalue weighted by molar-refractivity contribution is 5.93. The van der Waals surface area contributed by atoms with Crippen molar-refractivity contribution in [2.24, 2.45) is 0 Å². The molecule has 0 saturated carbocycles. The molecule has 33 heavy (non-hydrogen) atoms. The molecule has 2 bridgehead atoms. The number of anilines is 1. The van der Waals surface area contributed by atoms with E-state index in [1.165, 1.54) is 18.5 Å². The molecule has 2 atom stereocenters. The Morgan fingerprint density at radius 2 is 1.79 bits per heavy atom. The molecule has 3 N–H and O–H groups in total. The van der Waals surface area contributed by atoms with E-state index in [1.807, 2.05) is 22.8 Å². The summed E-state index contributed by atoms with van der Waals surface area (Å²) in [4.78, 5) is 11.6. The van der Waals surface area contributed by atoms with Crippen LogP contribution in [-0.2, 0) is 0 Å². The topological polar surface area (TPSA) is 92.6 Å². The third kappa shape index (κ3) is 3.26. The van der Waals surface area contributed by atoms with Crippen molar-refractivity contribution in [3.63, 3.8) is 0 Å². The lowest BCUT2D eigenvalue weighted by Gasteiger charge is -2.38. The monoisotopic (exact) mass is 440 g/mol. The van der Waals surface area contributed by atoms with Gasteiger partial charge in [-0.2, -0.15) is 5.10 Å². The zero-order chi connectivity index (χ0) is 22.5. The highest BCUT2D eigenvalue weighted by Gasteiger charge is 2.41. The van der Waals surface area contributed by atoms with Crippen LogP contribution in [0.15, 0.2) is 55.0 Å². The van der Waals surface area contributed by atoms with E-state index in [1.54, 1.807) is 30.6 Å². The maximum absolute atomic E-state index is 10.8. The van der Waals surface area contributed by atoms with E-state index in [4.69, 9.17) is 15.8 Å². The molecule has 168 valence electrons. The molecule has 0 aliphatic carbocycles. The molecule has 2 unspecified atom stereocenters. The fourth-order valence-electron chi connectivity index (χ4n) is 6.02. The second kappa shape index (κ2) is 7.85. The van der Waals surface area contributed by atoms with Crippen LogP contribution in [0.25, 0.3) is 28.0 Å². The second-order valence-corrected chi connectivity index (χ2v) is 9.22.